The minimum atomic E-state index is -0.204. The van der Waals surface area contributed by atoms with Crippen LogP contribution in [0.25, 0.3) is 11.5 Å². The lowest BCUT2D eigenvalue weighted by Gasteiger charge is -2.17. The van der Waals surface area contributed by atoms with Gasteiger partial charge in [-0.05, 0) is 36.6 Å². The largest absolute Gasteiger partial charge is 0.465 e. The van der Waals surface area contributed by atoms with Crippen LogP contribution in [0.5, 0.6) is 0 Å². The minimum absolute atomic E-state index is 0.204. The number of esters is 1. The van der Waals surface area contributed by atoms with Gasteiger partial charge < -0.3 is 9.15 Å². The van der Waals surface area contributed by atoms with Crippen LogP contribution in [0.3, 0.4) is 0 Å². The Morgan fingerprint density at radius 2 is 2.36 bits per heavy atom. The molecule has 2 heterocycles. The Balaban J connectivity index is 1.42. The van der Waals surface area contributed by atoms with E-state index < -0.39 is 0 Å². The van der Waals surface area contributed by atoms with Gasteiger partial charge in [0.2, 0.25) is 11.8 Å². The fraction of sp³-hybridized carbons (Fsp3) is 0.438. The van der Waals surface area contributed by atoms with E-state index in [0.717, 1.165) is 24.8 Å². The summed E-state index contributed by atoms with van der Waals surface area (Å²) in [6.45, 7) is 0.507. The number of nitrogens with zero attached hydrogens (tertiary/aromatic N) is 2. The smallest absolute Gasteiger partial charge is 0.306 e. The molecule has 0 saturated heterocycles. The van der Waals surface area contributed by atoms with Gasteiger partial charge in [-0.15, -0.1) is 10.2 Å². The van der Waals surface area contributed by atoms with Gasteiger partial charge in [0.15, 0.2) is 0 Å². The van der Waals surface area contributed by atoms with Crippen LogP contribution in [0.2, 0.25) is 0 Å². The summed E-state index contributed by atoms with van der Waals surface area (Å²) < 4.78 is 10.9. The fourth-order valence-electron chi connectivity index (χ4n) is 2.36. The van der Waals surface area contributed by atoms with E-state index in [1.54, 1.807) is 11.3 Å². The Kier molecular flexibility index (Phi) is 5.00. The molecule has 6 heteroatoms. The molecule has 0 spiro atoms. The number of hydrogen-bond donors (Lipinski definition) is 0. The van der Waals surface area contributed by atoms with Crippen molar-refractivity contribution < 1.29 is 13.9 Å². The molecule has 0 amide bonds. The summed E-state index contributed by atoms with van der Waals surface area (Å²) in [5, 5.41) is 11.9. The molecule has 0 N–H and O–H groups in total. The average molecular weight is 318 g/mol. The second-order valence-electron chi connectivity index (χ2n) is 5.35. The molecule has 0 aromatic carbocycles. The Labute approximate surface area is 133 Å². The van der Waals surface area contributed by atoms with Gasteiger partial charge in [-0.1, -0.05) is 12.2 Å². The molecular weight excluding hydrogens is 300 g/mol. The van der Waals surface area contributed by atoms with Crippen LogP contribution in [0, 0.1) is 5.92 Å². The Bertz CT molecular complexity index is 634. The van der Waals surface area contributed by atoms with E-state index >= 15 is 0 Å². The highest BCUT2D eigenvalue weighted by molar-refractivity contribution is 7.08. The average Bonchev–Trinajstić information content (AvgIpc) is 3.22. The molecule has 0 aliphatic heterocycles. The number of hydrogen-bond acceptors (Lipinski definition) is 6. The number of ether oxygens (including phenoxy) is 1. The molecule has 1 unspecified atom stereocenters. The fourth-order valence-corrected chi connectivity index (χ4v) is 2.99. The van der Waals surface area contributed by atoms with Crippen molar-refractivity contribution in [3.63, 3.8) is 0 Å². The van der Waals surface area contributed by atoms with E-state index in [-0.39, 0.29) is 12.4 Å². The van der Waals surface area contributed by atoms with Crippen LogP contribution < -0.4 is 0 Å². The van der Waals surface area contributed by atoms with Gasteiger partial charge in [-0.2, -0.15) is 11.3 Å². The van der Waals surface area contributed by atoms with Gasteiger partial charge in [-0.3, -0.25) is 4.79 Å². The molecule has 22 heavy (non-hydrogen) atoms. The van der Waals surface area contributed by atoms with Gasteiger partial charge in [0.1, 0.15) is 0 Å². The number of allylic oxidation sites excluding steroid dienone is 2. The summed E-state index contributed by atoms with van der Waals surface area (Å²) in [6, 6.07) is 1.93. The molecule has 2 aromatic rings. The number of rotatable bonds is 6. The van der Waals surface area contributed by atoms with Crippen molar-refractivity contribution in [1.82, 2.24) is 10.2 Å². The molecule has 0 saturated carbocycles. The molecule has 1 aliphatic carbocycles. The third-order valence-corrected chi connectivity index (χ3v) is 4.32. The molecule has 116 valence electrons. The summed E-state index contributed by atoms with van der Waals surface area (Å²) in [6.07, 6.45) is 8.20. The lowest BCUT2D eigenvalue weighted by molar-refractivity contribution is -0.145. The molecule has 2 aromatic heterocycles. The molecule has 1 atom stereocenters. The second-order valence-corrected chi connectivity index (χ2v) is 6.13. The molecule has 0 radical (unpaired) electrons. The van der Waals surface area contributed by atoms with Crippen LogP contribution in [0.4, 0.5) is 0 Å². The van der Waals surface area contributed by atoms with Crippen molar-refractivity contribution in [2.45, 2.75) is 32.1 Å². The lowest BCUT2D eigenvalue weighted by Crippen LogP contribution is -2.15. The summed E-state index contributed by atoms with van der Waals surface area (Å²) >= 11 is 1.58. The van der Waals surface area contributed by atoms with Gasteiger partial charge in [0.05, 0.1) is 13.0 Å². The topological polar surface area (TPSA) is 65.2 Å². The quantitative estimate of drug-likeness (QED) is 0.601. The zero-order valence-electron chi connectivity index (χ0n) is 12.2. The third kappa shape index (κ3) is 4.04. The summed E-state index contributed by atoms with van der Waals surface area (Å²) in [4.78, 5) is 11.8. The summed E-state index contributed by atoms with van der Waals surface area (Å²) in [7, 11) is 0. The maximum absolute atomic E-state index is 11.8. The van der Waals surface area contributed by atoms with Crippen molar-refractivity contribution in [2.24, 2.45) is 5.92 Å². The monoisotopic (exact) mass is 318 g/mol. The van der Waals surface area contributed by atoms with Gasteiger partial charge in [0.25, 0.3) is 0 Å². The molecule has 5 nitrogen and oxygen atoms in total. The Morgan fingerprint density at radius 3 is 3.14 bits per heavy atom. The summed E-state index contributed by atoms with van der Waals surface area (Å²) in [5.41, 5.74) is 0.914. The van der Waals surface area contributed by atoms with Gasteiger partial charge >= 0.3 is 5.97 Å². The first-order valence-electron chi connectivity index (χ1n) is 7.47. The van der Waals surface area contributed by atoms with Crippen LogP contribution in [0.15, 0.2) is 33.4 Å². The van der Waals surface area contributed by atoms with Crippen molar-refractivity contribution in [3.05, 3.63) is 34.9 Å². The number of aromatic nitrogens is 2. The molecule has 3 rings (SSSR count). The highest BCUT2D eigenvalue weighted by atomic mass is 32.1. The van der Waals surface area contributed by atoms with Gasteiger partial charge in [0, 0.05) is 17.4 Å². The first kappa shape index (κ1) is 15.0. The van der Waals surface area contributed by atoms with Crippen molar-refractivity contribution >= 4 is 17.3 Å². The van der Waals surface area contributed by atoms with Crippen molar-refractivity contribution in [3.8, 4) is 11.5 Å². The highest BCUT2D eigenvalue weighted by Gasteiger charge is 2.14. The van der Waals surface area contributed by atoms with Crippen LogP contribution in [-0.2, 0) is 16.0 Å². The predicted molar refractivity (Wildman–Crippen MR) is 83.4 cm³/mol. The maximum atomic E-state index is 11.8. The van der Waals surface area contributed by atoms with Crippen LogP contribution in [0.1, 0.15) is 31.6 Å². The maximum Gasteiger partial charge on any atom is 0.306 e. The first-order valence-corrected chi connectivity index (χ1v) is 8.41. The van der Waals surface area contributed by atoms with E-state index in [9.17, 15) is 4.79 Å². The van der Waals surface area contributed by atoms with E-state index in [1.165, 1.54) is 0 Å². The number of carbonyl (C=O) groups is 1. The third-order valence-electron chi connectivity index (χ3n) is 3.64. The number of thiophene rings is 1. The van der Waals surface area contributed by atoms with Crippen LogP contribution in [-0.4, -0.2) is 22.8 Å². The van der Waals surface area contributed by atoms with Crippen LogP contribution >= 0.6 is 11.3 Å². The summed E-state index contributed by atoms with van der Waals surface area (Å²) in [5.74, 6) is 1.23. The second kappa shape index (κ2) is 7.35. The van der Waals surface area contributed by atoms with E-state index in [4.69, 9.17) is 9.15 Å². The number of carbonyl (C=O) groups excluding carboxylic acids is 1. The lowest BCUT2D eigenvalue weighted by atomic mass is 9.95. The minimum Gasteiger partial charge on any atom is -0.465 e. The van der Waals surface area contributed by atoms with E-state index in [2.05, 4.69) is 22.3 Å². The zero-order chi connectivity index (χ0) is 15.2. The van der Waals surface area contributed by atoms with Crippen molar-refractivity contribution in [1.29, 1.82) is 0 Å². The van der Waals surface area contributed by atoms with E-state index in [0.29, 0.717) is 30.7 Å². The molecule has 0 fully saturated rings. The SMILES string of the molecule is O=C(CCc1nnc(-c2ccsc2)o1)OCC1CC=CCC1. The number of aryl methyl sites for hydroxylation is 1. The molecular formula is C16H18N2O3S. The molecule has 1 aliphatic rings. The first-order chi connectivity index (χ1) is 10.8. The Hall–Kier alpha value is -1.95. The predicted octanol–water partition coefficient (Wildman–Crippen LogP) is 3.63. The molecule has 0 bridgehead atoms. The van der Waals surface area contributed by atoms with E-state index in [1.807, 2.05) is 16.8 Å². The zero-order valence-corrected chi connectivity index (χ0v) is 13.1. The Morgan fingerprint density at radius 1 is 1.41 bits per heavy atom. The standard InChI is InChI=1S/C16H18N2O3S/c19-15(20-10-12-4-2-1-3-5-12)7-6-14-17-18-16(21-14)13-8-9-22-11-13/h1-2,8-9,11-12H,3-7,10H2. The normalized spacial score (nSPS) is 17.5. The van der Waals surface area contributed by atoms with Crippen molar-refractivity contribution in [2.75, 3.05) is 6.61 Å². The highest BCUT2D eigenvalue weighted by Crippen LogP contribution is 2.21. The van der Waals surface area contributed by atoms with Gasteiger partial charge in [-0.25, -0.2) is 0 Å².